The van der Waals surface area contributed by atoms with E-state index in [1.807, 2.05) is 6.07 Å². The molecule has 2 saturated heterocycles. The van der Waals surface area contributed by atoms with Crippen LogP contribution in [-0.4, -0.2) is 49.7 Å². The Labute approximate surface area is 181 Å². The highest BCUT2D eigenvalue weighted by atomic mass is 16.7. The first-order chi connectivity index (χ1) is 14.5. The lowest BCUT2D eigenvalue weighted by atomic mass is 9.74. The van der Waals surface area contributed by atoms with Crippen molar-refractivity contribution in [1.29, 1.82) is 0 Å². The molecule has 2 heterocycles. The van der Waals surface area contributed by atoms with Gasteiger partial charge in [-0.15, -0.1) is 0 Å². The van der Waals surface area contributed by atoms with Crippen molar-refractivity contribution < 1.29 is 24.1 Å². The third kappa shape index (κ3) is 4.07. The fraction of sp³-hybridized carbons (Fsp3) is 0.760. The van der Waals surface area contributed by atoms with Crippen LogP contribution in [0, 0.1) is 10.8 Å². The van der Waals surface area contributed by atoms with Gasteiger partial charge in [0.1, 0.15) is 0 Å². The monoisotopic (exact) mass is 418 g/mol. The number of rotatable bonds is 5. The van der Waals surface area contributed by atoms with Gasteiger partial charge in [-0.2, -0.15) is 0 Å². The largest absolute Gasteiger partial charge is 0.396 e. The van der Waals surface area contributed by atoms with Gasteiger partial charge in [0.05, 0.1) is 39.5 Å². The molecular weight excluding hydrogens is 380 g/mol. The number of hydrogen-bond acceptors (Lipinski definition) is 5. The van der Waals surface area contributed by atoms with E-state index in [4.69, 9.17) is 18.9 Å². The predicted molar refractivity (Wildman–Crippen MR) is 115 cm³/mol. The molecule has 1 aliphatic carbocycles. The Morgan fingerprint density at radius 3 is 1.67 bits per heavy atom. The summed E-state index contributed by atoms with van der Waals surface area (Å²) in [5.74, 6) is -1.18. The molecule has 1 unspecified atom stereocenters. The van der Waals surface area contributed by atoms with Crippen LogP contribution in [0.4, 0.5) is 0 Å². The Kier molecular flexibility index (Phi) is 6.31. The lowest BCUT2D eigenvalue weighted by Gasteiger charge is -2.56. The zero-order chi connectivity index (χ0) is 21.3. The van der Waals surface area contributed by atoms with E-state index in [0.717, 1.165) is 32.1 Å². The molecular formula is C25H38O5. The molecule has 2 spiro atoms. The molecule has 1 saturated carbocycles. The van der Waals surface area contributed by atoms with E-state index in [-0.39, 0.29) is 23.4 Å². The van der Waals surface area contributed by atoms with Crippen LogP contribution >= 0.6 is 0 Å². The molecule has 1 aromatic carbocycles. The molecule has 2 aliphatic heterocycles. The number of benzene rings is 1. The van der Waals surface area contributed by atoms with Crippen molar-refractivity contribution in [2.24, 2.45) is 10.8 Å². The van der Waals surface area contributed by atoms with E-state index in [0.29, 0.717) is 32.8 Å². The smallest absolute Gasteiger partial charge is 0.174 e. The van der Waals surface area contributed by atoms with Crippen molar-refractivity contribution in [3.8, 4) is 0 Å². The van der Waals surface area contributed by atoms with Crippen molar-refractivity contribution in [2.45, 2.75) is 76.8 Å². The first-order valence-corrected chi connectivity index (χ1v) is 11.7. The molecule has 0 bridgehead atoms. The van der Waals surface area contributed by atoms with Crippen LogP contribution in [-0.2, 0) is 18.9 Å². The first-order valence-electron chi connectivity index (χ1n) is 11.7. The summed E-state index contributed by atoms with van der Waals surface area (Å²) in [6.45, 7) is 9.04. The summed E-state index contributed by atoms with van der Waals surface area (Å²) in [7, 11) is 0. The standard InChI is InChI=1S/C25H38O5/c1-4-22(5-2)16-27-24(28-17-22)12-21(20-10-8-7-9-11-20)13-25(14-24)29-18-23(6-3,15-26)19-30-25/h7-11,21,26H,4-6,12-19H2,1-3H3. The molecule has 0 amide bonds. The van der Waals surface area contributed by atoms with Gasteiger partial charge in [-0.05, 0) is 30.7 Å². The van der Waals surface area contributed by atoms with E-state index < -0.39 is 11.6 Å². The lowest BCUT2D eigenvalue weighted by Crippen LogP contribution is -2.61. The van der Waals surface area contributed by atoms with Crippen LogP contribution in [0.3, 0.4) is 0 Å². The zero-order valence-corrected chi connectivity index (χ0v) is 18.8. The van der Waals surface area contributed by atoms with E-state index >= 15 is 0 Å². The molecule has 0 radical (unpaired) electrons. The summed E-state index contributed by atoms with van der Waals surface area (Å²) in [5.41, 5.74) is 1.06. The molecule has 5 nitrogen and oxygen atoms in total. The van der Waals surface area contributed by atoms with Gasteiger partial charge in [-0.1, -0.05) is 51.1 Å². The fourth-order valence-electron chi connectivity index (χ4n) is 5.15. The summed E-state index contributed by atoms with van der Waals surface area (Å²) in [5, 5.41) is 9.90. The normalized spacial score (nSPS) is 35.5. The maximum Gasteiger partial charge on any atom is 0.174 e. The molecule has 0 aromatic heterocycles. The third-order valence-corrected chi connectivity index (χ3v) is 8.08. The van der Waals surface area contributed by atoms with Crippen LogP contribution in [0.1, 0.15) is 70.8 Å². The number of hydrogen-bond donors (Lipinski definition) is 1. The zero-order valence-electron chi connectivity index (χ0n) is 18.8. The minimum absolute atomic E-state index is 0.0787. The number of aliphatic hydroxyl groups is 1. The van der Waals surface area contributed by atoms with Gasteiger partial charge in [-0.3, -0.25) is 0 Å². The molecule has 30 heavy (non-hydrogen) atoms. The third-order valence-electron chi connectivity index (χ3n) is 8.08. The molecule has 1 aromatic rings. The Morgan fingerprint density at radius 2 is 1.23 bits per heavy atom. The first kappa shape index (κ1) is 22.2. The van der Waals surface area contributed by atoms with Crippen molar-refractivity contribution >= 4 is 0 Å². The molecule has 168 valence electrons. The predicted octanol–water partition coefficient (Wildman–Crippen LogP) is 4.64. The Morgan fingerprint density at radius 1 is 0.767 bits per heavy atom. The summed E-state index contributed by atoms with van der Waals surface area (Å²) in [6, 6.07) is 10.6. The van der Waals surface area contributed by atoms with Crippen molar-refractivity contribution in [3.05, 3.63) is 35.9 Å². The minimum atomic E-state index is -0.731. The van der Waals surface area contributed by atoms with Gasteiger partial charge in [0.15, 0.2) is 11.6 Å². The van der Waals surface area contributed by atoms with E-state index in [1.54, 1.807) is 0 Å². The summed E-state index contributed by atoms with van der Waals surface area (Å²) >= 11 is 0. The molecule has 1 N–H and O–H groups in total. The maximum atomic E-state index is 9.90. The van der Waals surface area contributed by atoms with Crippen molar-refractivity contribution in [1.82, 2.24) is 0 Å². The van der Waals surface area contributed by atoms with Crippen LogP contribution < -0.4 is 0 Å². The van der Waals surface area contributed by atoms with E-state index in [2.05, 4.69) is 45.0 Å². The quantitative estimate of drug-likeness (QED) is 0.755. The van der Waals surface area contributed by atoms with Gasteiger partial charge in [-0.25, -0.2) is 0 Å². The average Bonchev–Trinajstić information content (AvgIpc) is 2.81. The van der Waals surface area contributed by atoms with Gasteiger partial charge in [0, 0.05) is 23.7 Å². The van der Waals surface area contributed by atoms with Crippen molar-refractivity contribution in [2.75, 3.05) is 33.0 Å². The molecule has 5 heteroatoms. The maximum absolute atomic E-state index is 9.90. The van der Waals surface area contributed by atoms with Crippen LogP contribution in [0.2, 0.25) is 0 Å². The summed E-state index contributed by atoms with van der Waals surface area (Å²) in [4.78, 5) is 0. The SMILES string of the molecule is CCC1(CC)COC2(CC(c3ccccc3)CC3(C2)OCC(CC)(CO)CO3)OC1. The Bertz CT molecular complexity index is 635. The molecule has 4 rings (SSSR count). The van der Waals surface area contributed by atoms with E-state index in [1.165, 1.54) is 5.56 Å². The number of ether oxygens (including phenoxy) is 4. The van der Waals surface area contributed by atoms with Gasteiger partial charge in [0.2, 0.25) is 0 Å². The molecule has 1 atom stereocenters. The molecule has 3 aliphatic rings. The minimum Gasteiger partial charge on any atom is -0.396 e. The number of aliphatic hydroxyl groups excluding tert-OH is 1. The van der Waals surface area contributed by atoms with E-state index in [9.17, 15) is 5.11 Å². The second kappa shape index (κ2) is 8.51. The second-order valence-electron chi connectivity index (χ2n) is 9.89. The summed E-state index contributed by atoms with van der Waals surface area (Å²) < 4.78 is 26.0. The van der Waals surface area contributed by atoms with Gasteiger partial charge < -0.3 is 24.1 Å². The topological polar surface area (TPSA) is 57.2 Å². The lowest BCUT2D eigenvalue weighted by molar-refractivity contribution is -0.392. The summed E-state index contributed by atoms with van der Waals surface area (Å²) in [6.07, 6.45) is 5.11. The average molecular weight is 419 g/mol. The van der Waals surface area contributed by atoms with Crippen LogP contribution in [0.25, 0.3) is 0 Å². The van der Waals surface area contributed by atoms with Gasteiger partial charge in [0.25, 0.3) is 0 Å². The Hall–Kier alpha value is -0.980. The van der Waals surface area contributed by atoms with Crippen LogP contribution in [0.15, 0.2) is 30.3 Å². The fourth-order valence-corrected chi connectivity index (χ4v) is 5.15. The second-order valence-corrected chi connectivity index (χ2v) is 9.89. The Balaban J connectivity index is 1.59. The van der Waals surface area contributed by atoms with Gasteiger partial charge >= 0.3 is 0 Å². The van der Waals surface area contributed by atoms with Crippen molar-refractivity contribution in [3.63, 3.8) is 0 Å². The van der Waals surface area contributed by atoms with Crippen LogP contribution in [0.5, 0.6) is 0 Å². The highest BCUT2D eigenvalue weighted by molar-refractivity contribution is 5.22. The highest BCUT2D eigenvalue weighted by Gasteiger charge is 2.57. The molecule has 3 fully saturated rings. The highest BCUT2D eigenvalue weighted by Crippen LogP contribution is 2.53.